The minimum Gasteiger partial charge on any atom is -0.396 e. The fraction of sp³-hybridized carbons (Fsp3) is 1.00. The van der Waals surface area contributed by atoms with E-state index in [1.54, 1.807) is 0 Å². The van der Waals surface area contributed by atoms with Crippen LogP contribution in [0.1, 0.15) is 52.4 Å². The maximum atomic E-state index is 10.3. The summed E-state index contributed by atoms with van der Waals surface area (Å²) in [7, 11) is 0. The lowest BCUT2D eigenvalue weighted by atomic mass is 10.1. The second-order valence-corrected chi connectivity index (χ2v) is 4.88. The van der Waals surface area contributed by atoms with Crippen LogP contribution < -0.4 is 27.9 Å². The Balaban J connectivity index is 3.12. The van der Waals surface area contributed by atoms with Crippen LogP contribution in [-0.4, -0.2) is 6.10 Å². The summed E-state index contributed by atoms with van der Waals surface area (Å²) in [6.45, 7) is 4.00. The van der Waals surface area contributed by atoms with Crippen molar-refractivity contribution in [3.8, 4) is 0 Å². The molecule has 0 radical (unpaired) electrons. The summed E-state index contributed by atoms with van der Waals surface area (Å²) in [4.78, 5) is 0. The standard InChI is InChI=1S/C9H19IO3/c1-3-4-5-6-7-8-9(2)13-10(11)12/h9H,3-8H2,1-2H3. The molecule has 13 heavy (non-hydrogen) atoms. The first-order valence-corrected chi connectivity index (χ1v) is 7.53. The van der Waals surface area contributed by atoms with Crippen LogP contribution in [0, 0.1) is 0 Å². The topological polar surface area (TPSA) is 55.3 Å². The van der Waals surface area contributed by atoms with Gasteiger partial charge in [-0.3, -0.25) is 0 Å². The minimum atomic E-state index is -3.44. The van der Waals surface area contributed by atoms with Crippen molar-refractivity contribution in [3.05, 3.63) is 0 Å². The molecule has 0 heterocycles. The van der Waals surface area contributed by atoms with E-state index in [0.29, 0.717) is 0 Å². The van der Waals surface area contributed by atoms with Gasteiger partial charge in [-0.05, 0) is 16.4 Å². The highest BCUT2D eigenvalue weighted by molar-refractivity contribution is 4.49. The summed E-state index contributed by atoms with van der Waals surface area (Å²) in [5.41, 5.74) is 0. The molecule has 0 aromatic rings. The first kappa shape index (κ1) is 13.6. The summed E-state index contributed by atoms with van der Waals surface area (Å²) in [6.07, 6.45) is 6.78. The predicted molar refractivity (Wildman–Crippen MR) is 43.9 cm³/mol. The van der Waals surface area contributed by atoms with Crippen molar-refractivity contribution in [1.82, 2.24) is 0 Å². The van der Waals surface area contributed by atoms with Gasteiger partial charge in [-0.1, -0.05) is 39.0 Å². The van der Waals surface area contributed by atoms with Gasteiger partial charge < -0.3 is 6.87 Å². The molecule has 80 valence electrons. The Bertz CT molecular complexity index is 109. The Morgan fingerprint density at radius 3 is 2.31 bits per heavy atom. The van der Waals surface area contributed by atoms with Gasteiger partial charge in [-0.15, -0.1) is 0 Å². The van der Waals surface area contributed by atoms with Gasteiger partial charge in [0.25, 0.3) is 0 Å². The maximum Gasteiger partial charge on any atom is 0.506 e. The highest BCUT2D eigenvalue weighted by Crippen LogP contribution is 2.07. The molecule has 0 rings (SSSR count). The minimum absolute atomic E-state index is 0.109. The second kappa shape index (κ2) is 9.18. The normalized spacial score (nSPS) is 13.6. The Labute approximate surface area is 89.5 Å². The third-order valence-corrected chi connectivity index (χ3v) is 3.22. The van der Waals surface area contributed by atoms with Gasteiger partial charge >= 0.3 is 21.1 Å². The quantitative estimate of drug-likeness (QED) is 0.379. The molecule has 0 aliphatic rings. The molecule has 0 bridgehead atoms. The molecule has 0 aliphatic heterocycles. The molecule has 0 amide bonds. The van der Waals surface area contributed by atoms with Gasteiger partial charge in [0.15, 0.2) is 0 Å². The zero-order valence-electron chi connectivity index (χ0n) is 8.42. The molecule has 0 aliphatic carbocycles. The molecule has 0 aromatic heterocycles. The maximum absolute atomic E-state index is 10.3. The molecule has 1 unspecified atom stereocenters. The summed E-state index contributed by atoms with van der Waals surface area (Å²) >= 11 is -3.44. The molecular formula is C9H19IO3. The van der Waals surface area contributed by atoms with Crippen LogP contribution in [0.2, 0.25) is 0 Å². The van der Waals surface area contributed by atoms with E-state index >= 15 is 0 Å². The van der Waals surface area contributed by atoms with E-state index in [1.807, 2.05) is 6.92 Å². The first-order chi connectivity index (χ1) is 6.16. The fourth-order valence-electron chi connectivity index (χ4n) is 1.20. The van der Waals surface area contributed by atoms with Crippen LogP contribution in [-0.2, 0) is 3.07 Å². The van der Waals surface area contributed by atoms with Gasteiger partial charge in [0.2, 0.25) is 0 Å². The van der Waals surface area contributed by atoms with Crippen molar-refractivity contribution in [2.75, 3.05) is 0 Å². The molecule has 3 nitrogen and oxygen atoms in total. The van der Waals surface area contributed by atoms with Crippen molar-refractivity contribution in [2.45, 2.75) is 58.5 Å². The largest absolute Gasteiger partial charge is 0.506 e. The van der Waals surface area contributed by atoms with E-state index in [9.17, 15) is 6.87 Å². The number of hydrogen-bond donors (Lipinski definition) is 0. The van der Waals surface area contributed by atoms with E-state index in [4.69, 9.17) is 3.07 Å². The van der Waals surface area contributed by atoms with Crippen molar-refractivity contribution in [1.29, 1.82) is 0 Å². The van der Waals surface area contributed by atoms with Crippen molar-refractivity contribution in [2.24, 2.45) is 0 Å². The third-order valence-electron chi connectivity index (χ3n) is 1.94. The van der Waals surface area contributed by atoms with Gasteiger partial charge in [0.05, 0.1) is 0 Å². The average Bonchev–Trinajstić information content (AvgIpc) is 2.02. The Morgan fingerprint density at radius 1 is 1.15 bits per heavy atom. The van der Waals surface area contributed by atoms with Gasteiger partial charge in [0, 0.05) is 0 Å². The number of hydrogen-bond acceptors (Lipinski definition) is 3. The summed E-state index contributed by atoms with van der Waals surface area (Å²) in [6, 6.07) is 0. The second-order valence-electron chi connectivity index (χ2n) is 3.29. The van der Waals surface area contributed by atoms with Crippen molar-refractivity contribution >= 4 is 0 Å². The SMILES string of the molecule is CCCCCCCC(C)O[I+2]([O-])[O-]. The van der Waals surface area contributed by atoms with Gasteiger partial charge in [0.1, 0.15) is 6.10 Å². The zero-order valence-corrected chi connectivity index (χ0v) is 10.6. The summed E-state index contributed by atoms with van der Waals surface area (Å²) in [5.74, 6) is 0. The average molecular weight is 302 g/mol. The van der Waals surface area contributed by atoms with Gasteiger partial charge in [-0.2, -0.15) is 0 Å². The molecule has 1 atom stereocenters. The first-order valence-electron chi connectivity index (χ1n) is 4.89. The molecule has 0 saturated heterocycles. The summed E-state index contributed by atoms with van der Waals surface area (Å²) < 4.78 is 25.2. The highest BCUT2D eigenvalue weighted by atomic mass is 127. The number of rotatable bonds is 8. The van der Waals surface area contributed by atoms with Crippen LogP contribution in [0.4, 0.5) is 0 Å². The molecule has 0 saturated carbocycles. The van der Waals surface area contributed by atoms with Crippen LogP contribution in [0.3, 0.4) is 0 Å². The lowest BCUT2D eigenvalue weighted by molar-refractivity contribution is -1.63. The van der Waals surface area contributed by atoms with Crippen molar-refractivity contribution < 1.29 is 31.0 Å². The van der Waals surface area contributed by atoms with E-state index < -0.39 is 21.1 Å². The number of unbranched alkanes of at least 4 members (excludes halogenated alkanes) is 4. The Hall–Kier alpha value is 0.610. The van der Waals surface area contributed by atoms with Gasteiger partial charge in [-0.25, -0.2) is 0 Å². The van der Waals surface area contributed by atoms with Crippen LogP contribution in [0.25, 0.3) is 0 Å². The lowest BCUT2D eigenvalue weighted by Gasteiger charge is -2.03. The molecule has 4 heteroatoms. The van der Waals surface area contributed by atoms with Crippen LogP contribution >= 0.6 is 0 Å². The van der Waals surface area contributed by atoms with E-state index in [1.165, 1.54) is 25.7 Å². The Morgan fingerprint density at radius 2 is 1.77 bits per heavy atom. The van der Waals surface area contributed by atoms with E-state index in [-0.39, 0.29) is 6.10 Å². The monoisotopic (exact) mass is 302 g/mol. The third kappa shape index (κ3) is 10.5. The van der Waals surface area contributed by atoms with E-state index in [2.05, 4.69) is 6.92 Å². The lowest BCUT2D eigenvalue weighted by Crippen LogP contribution is -3.99. The van der Waals surface area contributed by atoms with E-state index in [0.717, 1.165) is 12.8 Å². The Kier molecular flexibility index (Phi) is 9.61. The molecule has 0 aromatic carbocycles. The summed E-state index contributed by atoms with van der Waals surface area (Å²) in [5, 5.41) is 0. The van der Waals surface area contributed by atoms with Crippen LogP contribution in [0.5, 0.6) is 0 Å². The zero-order chi connectivity index (χ0) is 10.1. The highest BCUT2D eigenvalue weighted by Gasteiger charge is 2.18. The number of halogens is 1. The molecule has 0 N–H and O–H groups in total. The smallest absolute Gasteiger partial charge is 0.396 e. The van der Waals surface area contributed by atoms with Crippen LogP contribution in [0.15, 0.2) is 0 Å². The molecule has 0 fully saturated rings. The molecular weight excluding hydrogens is 283 g/mol. The van der Waals surface area contributed by atoms with Crippen molar-refractivity contribution in [3.63, 3.8) is 0 Å². The fourth-order valence-corrected chi connectivity index (χ4v) is 2.17. The predicted octanol–water partition coefficient (Wildman–Crippen LogP) is -2.16. The molecule has 0 spiro atoms.